The molecule has 0 saturated carbocycles. The minimum Gasteiger partial charge on any atom is -0.337 e. The molecule has 1 aromatic carbocycles. The van der Waals surface area contributed by atoms with Gasteiger partial charge >= 0.3 is 0 Å². The summed E-state index contributed by atoms with van der Waals surface area (Å²) >= 11 is 0. The van der Waals surface area contributed by atoms with Crippen LogP contribution in [0.15, 0.2) is 48.8 Å². The van der Waals surface area contributed by atoms with E-state index in [0.717, 1.165) is 42.5 Å². The second-order valence-electron chi connectivity index (χ2n) is 6.92. The van der Waals surface area contributed by atoms with Crippen molar-refractivity contribution in [2.45, 2.75) is 19.8 Å². The van der Waals surface area contributed by atoms with Gasteiger partial charge in [0.1, 0.15) is 5.69 Å². The van der Waals surface area contributed by atoms with Crippen LogP contribution >= 0.6 is 0 Å². The fraction of sp³-hybridized carbons (Fsp3) is 0.286. The first kappa shape index (κ1) is 16.3. The molecule has 2 aromatic heterocycles. The molecule has 0 spiro atoms. The molecule has 130 valence electrons. The van der Waals surface area contributed by atoms with E-state index in [9.17, 15) is 4.79 Å². The van der Waals surface area contributed by atoms with Crippen molar-refractivity contribution in [3.63, 3.8) is 0 Å². The fourth-order valence-corrected chi connectivity index (χ4v) is 3.44. The highest BCUT2D eigenvalue weighted by molar-refractivity contribution is 5.96. The Morgan fingerprint density at radius 3 is 2.62 bits per heavy atom. The summed E-state index contributed by atoms with van der Waals surface area (Å²) in [5.74, 6) is 0.714. The largest absolute Gasteiger partial charge is 0.337 e. The van der Waals surface area contributed by atoms with Crippen molar-refractivity contribution >= 4 is 22.5 Å². The molecule has 0 atom stereocenters. The molecule has 0 aliphatic carbocycles. The van der Waals surface area contributed by atoms with Crippen LogP contribution in [0.1, 0.15) is 30.3 Å². The Kier molecular flexibility index (Phi) is 4.18. The van der Waals surface area contributed by atoms with Gasteiger partial charge in [0.25, 0.3) is 5.91 Å². The number of pyridine rings is 1. The van der Waals surface area contributed by atoms with Crippen molar-refractivity contribution < 1.29 is 4.79 Å². The molecule has 0 N–H and O–H groups in total. The molecular weight excluding hydrogens is 324 g/mol. The van der Waals surface area contributed by atoms with Crippen molar-refractivity contribution in [2.75, 3.05) is 13.1 Å². The van der Waals surface area contributed by atoms with Crippen LogP contribution in [-0.2, 0) is 0 Å². The number of hydrogen-bond acceptors (Lipinski definition) is 2. The van der Waals surface area contributed by atoms with Crippen molar-refractivity contribution in [2.24, 2.45) is 5.92 Å². The predicted octanol–water partition coefficient (Wildman–Crippen LogP) is 4.45. The van der Waals surface area contributed by atoms with Crippen molar-refractivity contribution in [3.8, 4) is 5.69 Å². The number of carbonyl (C=O) groups excluding carboxylic acids is 1. The minimum atomic E-state index is 0.0213. The maximum absolute atomic E-state index is 12.7. The molecule has 0 radical (unpaired) electrons. The minimum absolute atomic E-state index is 0.0213. The molecule has 1 aliphatic rings. The average Bonchev–Trinajstić information content (AvgIpc) is 3.11. The van der Waals surface area contributed by atoms with Gasteiger partial charge in [0.2, 0.25) is 0 Å². The van der Waals surface area contributed by atoms with Gasteiger partial charge in [-0.2, -0.15) is 0 Å². The molecule has 3 heterocycles. The molecule has 3 aromatic rings. The Hall–Kier alpha value is -3.13. The van der Waals surface area contributed by atoms with E-state index in [1.54, 1.807) is 18.3 Å². The van der Waals surface area contributed by atoms with Gasteiger partial charge in [-0.1, -0.05) is 19.1 Å². The molecule has 5 nitrogen and oxygen atoms in total. The zero-order chi connectivity index (χ0) is 18.1. The Morgan fingerprint density at radius 1 is 1.19 bits per heavy atom. The summed E-state index contributed by atoms with van der Waals surface area (Å²) in [4.78, 5) is 22.5. The molecule has 1 fully saturated rings. The maximum atomic E-state index is 12.7. The van der Waals surface area contributed by atoms with Crippen LogP contribution in [0.2, 0.25) is 0 Å². The number of piperidine rings is 1. The summed E-state index contributed by atoms with van der Waals surface area (Å²) in [5.41, 5.74) is 3.04. The first-order valence-corrected chi connectivity index (χ1v) is 8.90. The van der Waals surface area contributed by atoms with Crippen LogP contribution in [0.4, 0.5) is 5.69 Å². The lowest BCUT2D eigenvalue weighted by Crippen LogP contribution is -2.38. The van der Waals surface area contributed by atoms with Crippen molar-refractivity contribution in [3.05, 3.63) is 65.9 Å². The highest BCUT2D eigenvalue weighted by atomic mass is 16.2. The molecule has 5 heteroatoms. The maximum Gasteiger partial charge on any atom is 0.272 e. The zero-order valence-electron chi connectivity index (χ0n) is 14.7. The molecule has 4 rings (SSSR count). The fourth-order valence-electron chi connectivity index (χ4n) is 3.44. The van der Waals surface area contributed by atoms with Crippen molar-refractivity contribution in [1.82, 2.24) is 14.5 Å². The number of aromatic nitrogens is 2. The van der Waals surface area contributed by atoms with E-state index in [2.05, 4.69) is 16.8 Å². The third-order valence-corrected chi connectivity index (χ3v) is 5.12. The van der Waals surface area contributed by atoms with Crippen LogP contribution in [0.25, 0.3) is 21.4 Å². The Bertz CT molecular complexity index is 989. The third-order valence-electron chi connectivity index (χ3n) is 5.12. The lowest BCUT2D eigenvalue weighted by atomic mass is 9.99. The van der Waals surface area contributed by atoms with Crippen LogP contribution in [0.3, 0.4) is 0 Å². The topological polar surface area (TPSA) is 42.5 Å². The van der Waals surface area contributed by atoms with Crippen LogP contribution in [0, 0.1) is 12.5 Å². The Morgan fingerprint density at radius 2 is 1.92 bits per heavy atom. The quantitative estimate of drug-likeness (QED) is 0.645. The normalized spacial score (nSPS) is 15.2. The lowest BCUT2D eigenvalue weighted by Gasteiger charge is -2.30. The number of fused-ring (bicyclic) bond motifs is 1. The first-order chi connectivity index (χ1) is 12.7. The van der Waals surface area contributed by atoms with E-state index in [4.69, 9.17) is 6.57 Å². The molecule has 26 heavy (non-hydrogen) atoms. The number of carbonyl (C=O) groups is 1. The second kappa shape index (κ2) is 6.64. The highest BCUT2D eigenvalue weighted by Crippen LogP contribution is 2.24. The van der Waals surface area contributed by atoms with Gasteiger partial charge in [0.05, 0.1) is 18.3 Å². The standard InChI is InChI=1S/C21H20N4O/c1-15-7-10-24(11-8-15)21(26)19-13-16-9-12-25(20(16)14-23-19)18-5-3-17(22-2)4-6-18/h3-6,9,12-15H,7-8,10-11H2,1H3. The zero-order valence-corrected chi connectivity index (χ0v) is 14.7. The molecule has 1 aliphatic heterocycles. The summed E-state index contributed by atoms with van der Waals surface area (Å²) in [5, 5.41) is 0.989. The van der Waals surface area contributed by atoms with E-state index in [1.165, 1.54) is 0 Å². The molecule has 0 unspecified atom stereocenters. The van der Waals surface area contributed by atoms with E-state index in [-0.39, 0.29) is 5.91 Å². The monoisotopic (exact) mass is 344 g/mol. The second-order valence-corrected chi connectivity index (χ2v) is 6.92. The van der Waals surface area contributed by atoms with E-state index in [0.29, 0.717) is 17.3 Å². The molecular formula is C21H20N4O. The smallest absolute Gasteiger partial charge is 0.272 e. The highest BCUT2D eigenvalue weighted by Gasteiger charge is 2.22. The van der Waals surface area contributed by atoms with E-state index < -0.39 is 0 Å². The summed E-state index contributed by atoms with van der Waals surface area (Å²) in [6, 6.07) is 11.3. The van der Waals surface area contributed by atoms with Crippen molar-refractivity contribution in [1.29, 1.82) is 0 Å². The van der Waals surface area contributed by atoms with Crippen LogP contribution in [0.5, 0.6) is 0 Å². The Labute approximate surface area is 152 Å². The summed E-state index contributed by atoms with van der Waals surface area (Å²) in [7, 11) is 0. The lowest BCUT2D eigenvalue weighted by molar-refractivity contribution is 0.0691. The van der Waals surface area contributed by atoms with Gasteiger partial charge in [-0.3, -0.25) is 4.79 Å². The Balaban J connectivity index is 1.63. The summed E-state index contributed by atoms with van der Waals surface area (Å²) in [6.45, 7) is 10.9. The van der Waals surface area contributed by atoms with E-state index >= 15 is 0 Å². The number of hydrogen-bond donors (Lipinski definition) is 0. The molecule has 1 saturated heterocycles. The van der Waals surface area contributed by atoms with Crippen LogP contribution in [-0.4, -0.2) is 33.4 Å². The molecule has 1 amide bonds. The number of amides is 1. The van der Waals surface area contributed by atoms with Gasteiger partial charge in [0, 0.05) is 30.4 Å². The SMILES string of the molecule is [C-]#[N+]c1ccc(-n2ccc3cc(C(=O)N4CCC(C)CC4)ncc32)cc1. The van der Waals surface area contributed by atoms with Gasteiger partial charge in [-0.15, -0.1) is 0 Å². The van der Waals surface area contributed by atoms with Gasteiger partial charge in [-0.25, -0.2) is 9.83 Å². The number of nitrogens with zero attached hydrogens (tertiary/aromatic N) is 4. The van der Waals surface area contributed by atoms with Gasteiger partial charge in [-0.05, 0) is 43.0 Å². The number of rotatable bonds is 2. The molecule has 0 bridgehead atoms. The van der Waals surface area contributed by atoms with Gasteiger partial charge in [0.15, 0.2) is 5.69 Å². The summed E-state index contributed by atoms with van der Waals surface area (Å²) < 4.78 is 2.02. The third kappa shape index (κ3) is 2.95. The predicted molar refractivity (Wildman–Crippen MR) is 102 cm³/mol. The number of likely N-dealkylation sites (tertiary alicyclic amines) is 1. The van der Waals surface area contributed by atoms with Gasteiger partial charge < -0.3 is 9.47 Å². The summed E-state index contributed by atoms with van der Waals surface area (Å²) in [6.07, 6.45) is 5.85. The first-order valence-electron chi connectivity index (χ1n) is 8.90. The average molecular weight is 344 g/mol. The van der Waals surface area contributed by atoms with E-state index in [1.807, 2.05) is 39.9 Å². The van der Waals surface area contributed by atoms with Crippen LogP contribution < -0.4 is 0 Å². The number of benzene rings is 1.